The largest absolute Gasteiger partial charge is 0.478 e. The number of aromatic carboxylic acids is 1. The molecule has 0 radical (unpaired) electrons. The number of halogens is 2. The maximum absolute atomic E-state index is 13.6. The number of carboxylic acid groups (broad SMARTS) is 1. The van der Waals surface area contributed by atoms with Gasteiger partial charge in [-0.25, -0.2) is 9.18 Å². The van der Waals surface area contributed by atoms with Gasteiger partial charge >= 0.3 is 5.97 Å². The van der Waals surface area contributed by atoms with Crippen LogP contribution in [0.5, 0.6) is 0 Å². The number of amides is 1. The molecule has 0 bridgehead atoms. The summed E-state index contributed by atoms with van der Waals surface area (Å²) in [6.07, 6.45) is 0. The van der Waals surface area contributed by atoms with E-state index in [1.54, 1.807) is 0 Å². The first-order valence-electron chi connectivity index (χ1n) is 5.77. The van der Waals surface area contributed by atoms with Crippen LogP contribution in [0.1, 0.15) is 20.7 Å². The molecule has 108 valence electrons. The minimum absolute atomic E-state index is 0.0296. The third kappa shape index (κ3) is 3.29. The second kappa shape index (κ2) is 5.80. The Morgan fingerprint density at radius 1 is 1.14 bits per heavy atom. The van der Waals surface area contributed by atoms with Crippen LogP contribution in [-0.2, 0) is 0 Å². The van der Waals surface area contributed by atoms with Crippen molar-refractivity contribution in [2.75, 3.05) is 11.1 Å². The average Bonchev–Trinajstić information content (AvgIpc) is 2.37. The van der Waals surface area contributed by atoms with Gasteiger partial charge in [0.05, 0.1) is 16.1 Å². The SMILES string of the molecule is Nc1ccc(C(=O)Nc2ccc(C(=O)O)c(Cl)c2)c(F)c1. The highest BCUT2D eigenvalue weighted by atomic mass is 35.5. The summed E-state index contributed by atoms with van der Waals surface area (Å²) in [6.45, 7) is 0. The van der Waals surface area contributed by atoms with Gasteiger partial charge in [-0.1, -0.05) is 11.6 Å². The highest BCUT2D eigenvalue weighted by molar-refractivity contribution is 6.33. The van der Waals surface area contributed by atoms with Crippen LogP contribution in [0, 0.1) is 5.82 Å². The fourth-order valence-electron chi connectivity index (χ4n) is 1.68. The minimum atomic E-state index is -1.18. The second-order valence-corrected chi connectivity index (χ2v) is 4.60. The Bertz CT molecular complexity index is 734. The predicted molar refractivity (Wildman–Crippen MR) is 77.2 cm³/mol. The molecule has 5 nitrogen and oxygen atoms in total. The van der Waals surface area contributed by atoms with E-state index in [9.17, 15) is 14.0 Å². The zero-order valence-corrected chi connectivity index (χ0v) is 11.3. The fraction of sp³-hybridized carbons (Fsp3) is 0. The first kappa shape index (κ1) is 14.8. The molecule has 21 heavy (non-hydrogen) atoms. The summed E-state index contributed by atoms with van der Waals surface area (Å²) in [5, 5.41) is 11.2. The zero-order chi connectivity index (χ0) is 15.6. The first-order chi connectivity index (χ1) is 9.88. The lowest BCUT2D eigenvalue weighted by molar-refractivity contribution is 0.0697. The molecule has 2 aromatic carbocycles. The molecule has 2 aromatic rings. The van der Waals surface area contributed by atoms with Crippen molar-refractivity contribution in [2.24, 2.45) is 0 Å². The van der Waals surface area contributed by atoms with E-state index in [1.807, 2.05) is 0 Å². The molecule has 0 unspecified atom stereocenters. The second-order valence-electron chi connectivity index (χ2n) is 4.19. The summed E-state index contributed by atoms with van der Waals surface area (Å²) in [5.41, 5.74) is 5.59. The summed E-state index contributed by atoms with van der Waals surface area (Å²) < 4.78 is 13.6. The molecule has 4 N–H and O–H groups in total. The van der Waals surface area contributed by atoms with Crippen molar-refractivity contribution >= 4 is 34.9 Å². The Labute approximate surface area is 124 Å². The molecule has 0 aliphatic carbocycles. The van der Waals surface area contributed by atoms with Gasteiger partial charge in [0.2, 0.25) is 0 Å². The highest BCUT2D eigenvalue weighted by Gasteiger charge is 2.14. The van der Waals surface area contributed by atoms with Crippen molar-refractivity contribution in [1.82, 2.24) is 0 Å². The monoisotopic (exact) mass is 308 g/mol. The molecule has 1 amide bonds. The van der Waals surface area contributed by atoms with Crippen molar-refractivity contribution in [3.63, 3.8) is 0 Å². The van der Waals surface area contributed by atoms with Gasteiger partial charge in [0.25, 0.3) is 5.91 Å². The van der Waals surface area contributed by atoms with Crippen LogP contribution in [0.4, 0.5) is 15.8 Å². The number of benzene rings is 2. The number of carboxylic acids is 1. The van der Waals surface area contributed by atoms with Gasteiger partial charge in [0.1, 0.15) is 5.82 Å². The number of nitrogens with two attached hydrogens (primary N) is 1. The predicted octanol–water partition coefficient (Wildman–Crippen LogP) is 3.01. The van der Waals surface area contributed by atoms with Crippen molar-refractivity contribution in [1.29, 1.82) is 0 Å². The van der Waals surface area contributed by atoms with Gasteiger partial charge in [-0.3, -0.25) is 4.79 Å². The lowest BCUT2D eigenvalue weighted by Gasteiger charge is -2.08. The summed E-state index contributed by atoms with van der Waals surface area (Å²) in [7, 11) is 0. The molecular weight excluding hydrogens is 299 g/mol. The number of rotatable bonds is 3. The van der Waals surface area contributed by atoms with Crippen molar-refractivity contribution in [3.8, 4) is 0 Å². The van der Waals surface area contributed by atoms with Crippen LogP contribution in [0.25, 0.3) is 0 Å². The molecule has 0 aliphatic rings. The van der Waals surface area contributed by atoms with E-state index in [-0.39, 0.29) is 27.5 Å². The van der Waals surface area contributed by atoms with Gasteiger partial charge < -0.3 is 16.2 Å². The Balaban J connectivity index is 2.23. The molecule has 7 heteroatoms. The van der Waals surface area contributed by atoms with Gasteiger partial charge in [-0.2, -0.15) is 0 Å². The van der Waals surface area contributed by atoms with Crippen LogP contribution in [-0.4, -0.2) is 17.0 Å². The standard InChI is InChI=1S/C14H10ClFN2O3/c15-11-6-8(2-4-9(11)14(20)21)18-13(19)10-3-1-7(17)5-12(10)16/h1-6H,17H2,(H,18,19)(H,20,21). The molecule has 0 spiro atoms. The van der Waals surface area contributed by atoms with Crippen LogP contribution in [0.15, 0.2) is 36.4 Å². The first-order valence-corrected chi connectivity index (χ1v) is 6.15. The molecule has 0 saturated carbocycles. The number of hydrogen-bond donors (Lipinski definition) is 3. The number of anilines is 2. The molecule has 0 heterocycles. The Kier molecular flexibility index (Phi) is 4.09. The van der Waals surface area contributed by atoms with Crippen molar-refractivity contribution in [3.05, 3.63) is 58.4 Å². The van der Waals surface area contributed by atoms with Gasteiger partial charge in [0.15, 0.2) is 0 Å². The third-order valence-corrected chi connectivity index (χ3v) is 3.01. The van der Waals surface area contributed by atoms with E-state index in [2.05, 4.69) is 5.32 Å². The highest BCUT2D eigenvalue weighted by Crippen LogP contribution is 2.22. The van der Waals surface area contributed by atoms with Gasteiger partial charge in [-0.15, -0.1) is 0 Å². The molecule has 2 rings (SSSR count). The fourth-order valence-corrected chi connectivity index (χ4v) is 1.94. The van der Waals surface area contributed by atoms with E-state index in [0.717, 1.165) is 6.07 Å². The van der Waals surface area contributed by atoms with E-state index in [4.69, 9.17) is 22.4 Å². The molecule has 0 saturated heterocycles. The summed E-state index contributed by atoms with van der Waals surface area (Å²) in [5.74, 6) is -2.62. The van der Waals surface area contributed by atoms with E-state index >= 15 is 0 Å². The number of nitrogen functional groups attached to an aromatic ring is 1. The molecular formula is C14H10ClFN2O3. The minimum Gasteiger partial charge on any atom is -0.478 e. The summed E-state index contributed by atoms with van der Waals surface area (Å²) in [6, 6.07) is 7.58. The topological polar surface area (TPSA) is 92.4 Å². The average molecular weight is 309 g/mol. The number of hydrogen-bond acceptors (Lipinski definition) is 3. The molecule has 0 aromatic heterocycles. The summed E-state index contributed by atoms with van der Waals surface area (Å²) in [4.78, 5) is 22.7. The normalized spacial score (nSPS) is 10.2. The van der Waals surface area contributed by atoms with E-state index in [1.165, 1.54) is 30.3 Å². The smallest absolute Gasteiger partial charge is 0.337 e. The molecule has 0 fully saturated rings. The van der Waals surface area contributed by atoms with E-state index in [0.29, 0.717) is 0 Å². The Morgan fingerprint density at radius 3 is 2.38 bits per heavy atom. The van der Waals surface area contributed by atoms with Crippen molar-refractivity contribution < 1.29 is 19.1 Å². The Morgan fingerprint density at radius 2 is 1.81 bits per heavy atom. The van der Waals surface area contributed by atoms with Gasteiger partial charge in [0, 0.05) is 11.4 Å². The number of carbonyl (C=O) groups is 2. The van der Waals surface area contributed by atoms with Crippen LogP contribution in [0.2, 0.25) is 5.02 Å². The van der Waals surface area contributed by atoms with E-state index < -0.39 is 17.7 Å². The maximum Gasteiger partial charge on any atom is 0.337 e. The van der Waals surface area contributed by atoms with Crippen LogP contribution in [0.3, 0.4) is 0 Å². The third-order valence-electron chi connectivity index (χ3n) is 2.70. The van der Waals surface area contributed by atoms with Crippen molar-refractivity contribution in [2.45, 2.75) is 0 Å². The quantitative estimate of drug-likeness (QED) is 0.760. The summed E-state index contributed by atoms with van der Waals surface area (Å²) >= 11 is 5.78. The Hall–Kier alpha value is -2.60. The lowest BCUT2D eigenvalue weighted by Crippen LogP contribution is -2.14. The maximum atomic E-state index is 13.6. The lowest BCUT2D eigenvalue weighted by atomic mass is 10.1. The number of nitrogens with one attached hydrogen (secondary N) is 1. The van der Waals surface area contributed by atoms with Gasteiger partial charge in [-0.05, 0) is 36.4 Å². The van der Waals surface area contributed by atoms with Crippen LogP contribution < -0.4 is 11.1 Å². The zero-order valence-electron chi connectivity index (χ0n) is 10.6. The molecule has 0 aliphatic heterocycles. The number of carbonyl (C=O) groups excluding carboxylic acids is 1. The van der Waals surface area contributed by atoms with Crippen LogP contribution >= 0.6 is 11.6 Å². The molecule has 0 atom stereocenters.